The van der Waals surface area contributed by atoms with Crippen LogP contribution in [-0.4, -0.2) is 48.9 Å². The summed E-state index contributed by atoms with van der Waals surface area (Å²) in [4.78, 5) is 18.8. The van der Waals surface area contributed by atoms with E-state index in [1.807, 2.05) is 36.4 Å². The van der Waals surface area contributed by atoms with Gasteiger partial charge in [-0.25, -0.2) is 4.39 Å². The summed E-state index contributed by atoms with van der Waals surface area (Å²) in [6.45, 7) is 5.82. The summed E-state index contributed by atoms with van der Waals surface area (Å²) in [5.74, 6) is -0.361. The summed E-state index contributed by atoms with van der Waals surface area (Å²) in [7, 11) is 2.12. The number of nitrogens with zero attached hydrogens (tertiary/aromatic N) is 2. The van der Waals surface area contributed by atoms with E-state index >= 15 is 0 Å². The van der Waals surface area contributed by atoms with Gasteiger partial charge in [0.2, 0.25) is 0 Å². The lowest BCUT2D eigenvalue weighted by molar-refractivity contribution is 0.102. The van der Waals surface area contributed by atoms with Crippen molar-refractivity contribution in [2.24, 2.45) is 0 Å². The van der Waals surface area contributed by atoms with Crippen molar-refractivity contribution >= 4 is 22.2 Å². The van der Waals surface area contributed by atoms with Crippen molar-refractivity contribution in [3.05, 3.63) is 88.0 Å². The van der Waals surface area contributed by atoms with E-state index in [4.69, 9.17) is 0 Å². The molecule has 0 bridgehead atoms. The van der Waals surface area contributed by atoms with Gasteiger partial charge in [0.25, 0.3) is 5.91 Å². The second kappa shape index (κ2) is 9.73. The van der Waals surface area contributed by atoms with Crippen molar-refractivity contribution < 1.29 is 9.18 Å². The number of amides is 1. The van der Waals surface area contributed by atoms with Crippen LogP contribution < -0.4 is 5.32 Å². The maximum Gasteiger partial charge on any atom is 0.256 e. The summed E-state index contributed by atoms with van der Waals surface area (Å²) >= 11 is 1.61. The van der Waals surface area contributed by atoms with E-state index in [-0.39, 0.29) is 17.8 Å². The van der Waals surface area contributed by atoms with Gasteiger partial charge < -0.3 is 10.2 Å². The summed E-state index contributed by atoms with van der Waals surface area (Å²) in [6.07, 6.45) is 0.886. The molecule has 31 heavy (non-hydrogen) atoms. The molecule has 1 amide bonds. The molecule has 0 aliphatic carbocycles. The first-order chi connectivity index (χ1) is 15.0. The quantitative estimate of drug-likeness (QED) is 0.587. The molecule has 6 heteroatoms. The highest BCUT2D eigenvalue weighted by molar-refractivity contribution is 7.16. The first-order valence-corrected chi connectivity index (χ1v) is 11.5. The van der Waals surface area contributed by atoms with Crippen molar-refractivity contribution in [2.45, 2.75) is 19.4 Å². The number of hydrogen-bond acceptors (Lipinski definition) is 4. The molecule has 4 rings (SSSR count). The fourth-order valence-corrected chi connectivity index (χ4v) is 5.07. The number of halogens is 1. The van der Waals surface area contributed by atoms with E-state index in [1.165, 1.54) is 10.9 Å². The molecule has 2 heterocycles. The first-order valence-electron chi connectivity index (χ1n) is 10.7. The number of anilines is 1. The Morgan fingerprint density at radius 3 is 2.48 bits per heavy atom. The summed E-state index contributed by atoms with van der Waals surface area (Å²) < 4.78 is 14.2. The van der Waals surface area contributed by atoms with Crippen LogP contribution in [-0.2, 0) is 6.42 Å². The number of carbonyl (C=O) groups excluding carboxylic acids is 1. The minimum atomic E-state index is -0.238. The lowest BCUT2D eigenvalue weighted by Crippen LogP contribution is -2.46. The molecule has 4 nitrogen and oxygen atoms in total. The van der Waals surface area contributed by atoms with Gasteiger partial charge in [0.1, 0.15) is 10.8 Å². The van der Waals surface area contributed by atoms with Crippen LogP contribution in [0.15, 0.2) is 60.7 Å². The summed E-state index contributed by atoms with van der Waals surface area (Å²) in [5.41, 5.74) is 2.59. The number of hydrogen-bond donors (Lipinski definition) is 1. The average Bonchev–Trinajstić information content (AvgIpc) is 3.18. The van der Waals surface area contributed by atoms with Crippen LogP contribution in [0, 0.1) is 5.82 Å². The molecule has 0 spiro atoms. The lowest BCUT2D eigenvalue weighted by atomic mass is 9.97. The van der Waals surface area contributed by atoms with Crippen LogP contribution in [0.1, 0.15) is 39.3 Å². The van der Waals surface area contributed by atoms with Crippen LogP contribution in [0.2, 0.25) is 0 Å². The molecule has 0 unspecified atom stereocenters. The predicted molar refractivity (Wildman–Crippen MR) is 125 cm³/mol. The Morgan fingerprint density at radius 2 is 1.81 bits per heavy atom. The largest absolute Gasteiger partial charge is 0.313 e. The Morgan fingerprint density at radius 1 is 1.06 bits per heavy atom. The highest BCUT2D eigenvalue weighted by Gasteiger charge is 2.29. The molecule has 1 aromatic heterocycles. The number of likely N-dealkylation sites (N-methyl/N-ethyl adjacent to an activating group) is 1. The standard InChI is InChI=1S/C25H28FN3OS/c1-3-21-17-22(25(31-21)27-24(30)18-8-5-4-6-9-18)23(19-10-7-11-20(26)16-19)29-14-12-28(2)13-15-29/h4-11,16-17,23H,3,12-15H2,1-2H3,(H,27,30)/t23-/m0/s1. The van der Waals surface area contributed by atoms with Gasteiger partial charge in [0.05, 0.1) is 6.04 Å². The highest BCUT2D eigenvalue weighted by atomic mass is 32.1. The minimum Gasteiger partial charge on any atom is -0.313 e. The number of thiophene rings is 1. The number of benzene rings is 2. The second-order valence-electron chi connectivity index (χ2n) is 7.97. The van der Waals surface area contributed by atoms with Crippen LogP contribution in [0.4, 0.5) is 9.39 Å². The zero-order valence-corrected chi connectivity index (χ0v) is 18.8. The third-order valence-corrected chi connectivity index (χ3v) is 7.00. The molecule has 1 N–H and O–H groups in total. The average molecular weight is 438 g/mol. The van der Waals surface area contributed by atoms with Crippen molar-refractivity contribution in [2.75, 3.05) is 38.5 Å². The fourth-order valence-electron chi connectivity index (χ4n) is 4.04. The van der Waals surface area contributed by atoms with Crippen LogP contribution in [0.3, 0.4) is 0 Å². The third-order valence-electron chi connectivity index (χ3n) is 5.79. The zero-order chi connectivity index (χ0) is 21.8. The van der Waals surface area contributed by atoms with Crippen molar-refractivity contribution in [3.63, 3.8) is 0 Å². The molecular weight excluding hydrogens is 409 g/mol. The maximum absolute atomic E-state index is 14.2. The van der Waals surface area contributed by atoms with Crippen molar-refractivity contribution in [1.82, 2.24) is 9.80 Å². The number of nitrogens with one attached hydrogen (secondary N) is 1. The summed E-state index contributed by atoms with van der Waals surface area (Å²) in [6, 6.07) is 18.2. The molecule has 0 saturated carbocycles. The van der Waals surface area contributed by atoms with Gasteiger partial charge in [0.15, 0.2) is 0 Å². The highest BCUT2D eigenvalue weighted by Crippen LogP contribution is 2.40. The van der Waals surface area contributed by atoms with Gasteiger partial charge in [-0.1, -0.05) is 37.3 Å². The van der Waals surface area contributed by atoms with E-state index < -0.39 is 0 Å². The Balaban J connectivity index is 1.73. The molecule has 0 radical (unpaired) electrons. The molecule has 1 aliphatic heterocycles. The minimum absolute atomic E-state index is 0.105. The van der Waals surface area contributed by atoms with Gasteiger partial charge in [-0.2, -0.15) is 0 Å². The van der Waals surface area contributed by atoms with Gasteiger partial charge in [-0.15, -0.1) is 11.3 Å². The van der Waals surface area contributed by atoms with Crippen LogP contribution >= 0.6 is 11.3 Å². The third kappa shape index (κ3) is 5.03. The smallest absolute Gasteiger partial charge is 0.256 e. The van der Waals surface area contributed by atoms with E-state index in [9.17, 15) is 9.18 Å². The lowest BCUT2D eigenvalue weighted by Gasteiger charge is -2.38. The molecular formula is C25H28FN3OS. The van der Waals surface area contributed by atoms with E-state index in [0.29, 0.717) is 5.56 Å². The van der Waals surface area contributed by atoms with E-state index in [0.717, 1.165) is 48.7 Å². The zero-order valence-electron chi connectivity index (χ0n) is 18.0. The molecule has 1 aliphatic rings. The van der Waals surface area contributed by atoms with Crippen LogP contribution in [0.25, 0.3) is 0 Å². The summed E-state index contributed by atoms with van der Waals surface area (Å²) in [5, 5.41) is 3.99. The predicted octanol–water partition coefficient (Wildman–Crippen LogP) is 5.04. The Hall–Kier alpha value is -2.54. The molecule has 1 fully saturated rings. The Kier molecular flexibility index (Phi) is 6.80. The normalized spacial score (nSPS) is 16.2. The monoisotopic (exact) mass is 437 g/mol. The van der Waals surface area contributed by atoms with Crippen molar-refractivity contribution in [3.8, 4) is 0 Å². The molecule has 162 valence electrons. The molecule has 1 atom stereocenters. The molecule has 2 aromatic carbocycles. The SMILES string of the molecule is CCc1cc([C@H](c2cccc(F)c2)N2CCN(C)CC2)c(NC(=O)c2ccccc2)s1. The number of aryl methyl sites for hydroxylation is 1. The van der Waals surface area contributed by atoms with Gasteiger partial charge >= 0.3 is 0 Å². The van der Waals surface area contributed by atoms with E-state index in [2.05, 4.69) is 35.2 Å². The van der Waals surface area contributed by atoms with E-state index in [1.54, 1.807) is 23.5 Å². The number of rotatable bonds is 6. The topological polar surface area (TPSA) is 35.6 Å². The van der Waals surface area contributed by atoms with Gasteiger partial charge in [-0.05, 0) is 49.4 Å². The number of carbonyl (C=O) groups is 1. The Labute approximate surface area is 187 Å². The van der Waals surface area contributed by atoms with Gasteiger partial charge in [0, 0.05) is 42.2 Å². The Bertz CT molecular complexity index is 1030. The fraction of sp³-hybridized carbons (Fsp3) is 0.320. The van der Waals surface area contributed by atoms with Gasteiger partial charge in [-0.3, -0.25) is 9.69 Å². The maximum atomic E-state index is 14.2. The second-order valence-corrected chi connectivity index (χ2v) is 9.10. The first kappa shape index (κ1) is 21.7. The van der Waals surface area contributed by atoms with Crippen LogP contribution in [0.5, 0.6) is 0 Å². The van der Waals surface area contributed by atoms with Crippen molar-refractivity contribution in [1.29, 1.82) is 0 Å². The molecule has 3 aromatic rings. The molecule has 1 saturated heterocycles. The number of piperazine rings is 1.